The zero-order chi connectivity index (χ0) is 8.54. The lowest BCUT2D eigenvalue weighted by molar-refractivity contribution is -0.327. The van der Waals surface area contributed by atoms with E-state index in [1.807, 2.05) is 0 Å². The summed E-state index contributed by atoms with van der Waals surface area (Å²) in [5.41, 5.74) is -2.44. The number of hydrogen-bond donors (Lipinski definition) is 0. The Kier molecular flexibility index (Phi) is 1.79. The van der Waals surface area contributed by atoms with E-state index in [1.165, 1.54) is 0 Å². The van der Waals surface area contributed by atoms with Crippen LogP contribution in [0, 0.1) is 0 Å². The molecule has 0 spiro atoms. The summed E-state index contributed by atoms with van der Waals surface area (Å²) >= 11 is 0. The SMILES string of the molecule is O=[C]OC1(C(F)(F)F)COC1. The average Bonchev–Trinajstić information content (AvgIpc) is 1.75. The lowest BCUT2D eigenvalue weighted by atomic mass is 10.0. The van der Waals surface area contributed by atoms with Crippen LogP contribution >= 0.6 is 0 Å². The van der Waals surface area contributed by atoms with E-state index in [0.717, 1.165) is 6.47 Å². The van der Waals surface area contributed by atoms with Crippen LogP contribution in [0.25, 0.3) is 0 Å². The van der Waals surface area contributed by atoms with Gasteiger partial charge in [0.05, 0.1) is 13.2 Å². The largest absolute Gasteiger partial charge is 0.436 e. The van der Waals surface area contributed by atoms with Gasteiger partial charge in [0.1, 0.15) is 0 Å². The first-order valence-corrected chi connectivity index (χ1v) is 2.71. The molecule has 1 fully saturated rings. The third-order valence-electron chi connectivity index (χ3n) is 1.42. The fourth-order valence-electron chi connectivity index (χ4n) is 0.648. The molecule has 63 valence electrons. The Bertz CT molecular complexity index is 161. The summed E-state index contributed by atoms with van der Waals surface area (Å²) in [6, 6.07) is 0. The fourth-order valence-corrected chi connectivity index (χ4v) is 0.648. The van der Waals surface area contributed by atoms with E-state index in [0.29, 0.717) is 0 Å². The minimum atomic E-state index is -4.57. The molecule has 0 amide bonds. The van der Waals surface area contributed by atoms with E-state index in [2.05, 4.69) is 9.47 Å². The zero-order valence-electron chi connectivity index (χ0n) is 5.27. The van der Waals surface area contributed by atoms with Crippen molar-refractivity contribution < 1.29 is 27.4 Å². The number of alkyl halides is 3. The van der Waals surface area contributed by atoms with E-state index in [-0.39, 0.29) is 0 Å². The number of hydrogen-bond acceptors (Lipinski definition) is 3. The molecule has 1 rings (SSSR count). The number of halogens is 3. The Balaban J connectivity index is 2.67. The molecule has 1 radical (unpaired) electrons. The second-order valence-electron chi connectivity index (χ2n) is 2.17. The Morgan fingerprint density at radius 2 is 2.00 bits per heavy atom. The van der Waals surface area contributed by atoms with Crippen LogP contribution < -0.4 is 0 Å². The van der Waals surface area contributed by atoms with E-state index in [4.69, 9.17) is 0 Å². The van der Waals surface area contributed by atoms with Crippen molar-refractivity contribution in [1.29, 1.82) is 0 Å². The molecule has 0 bridgehead atoms. The van der Waals surface area contributed by atoms with Gasteiger partial charge in [-0.25, -0.2) is 4.79 Å². The minimum Gasteiger partial charge on any atom is -0.436 e. The molecule has 0 aromatic rings. The highest BCUT2D eigenvalue weighted by atomic mass is 19.4. The standard InChI is InChI=1S/C5H4F3O3/c6-5(7,8)4(11-3-9)1-10-2-4/h1-2H2. The molecule has 0 aromatic heterocycles. The minimum absolute atomic E-state index is 0.633. The molecule has 3 nitrogen and oxygen atoms in total. The van der Waals surface area contributed by atoms with Crippen molar-refractivity contribution in [1.82, 2.24) is 0 Å². The van der Waals surface area contributed by atoms with Crippen LogP contribution in [-0.2, 0) is 14.3 Å². The molecule has 1 heterocycles. The molecule has 0 N–H and O–H groups in total. The smallest absolute Gasteiger partial charge is 0.433 e. The second-order valence-corrected chi connectivity index (χ2v) is 2.17. The molecule has 0 aromatic carbocycles. The first-order chi connectivity index (χ1) is 5.02. The Hall–Kier alpha value is -0.780. The van der Waals surface area contributed by atoms with Crippen LogP contribution in [0.5, 0.6) is 0 Å². The first kappa shape index (κ1) is 8.32. The van der Waals surface area contributed by atoms with Crippen LogP contribution in [0.4, 0.5) is 13.2 Å². The first-order valence-electron chi connectivity index (χ1n) is 2.71. The molecule has 0 aliphatic carbocycles. The molecule has 1 aliphatic rings. The molecule has 6 heteroatoms. The van der Waals surface area contributed by atoms with Gasteiger partial charge in [0, 0.05) is 0 Å². The van der Waals surface area contributed by atoms with E-state index in [1.54, 1.807) is 0 Å². The number of ether oxygens (including phenoxy) is 2. The van der Waals surface area contributed by atoms with Crippen LogP contribution in [0.3, 0.4) is 0 Å². The van der Waals surface area contributed by atoms with E-state index < -0.39 is 25.0 Å². The lowest BCUT2D eigenvalue weighted by Crippen LogP contribution is -2.62. The van der Waals surface area contributed by atoms with E-state index in [9.17, 15) is 18.0 Å². The van der Waals surface area contributed by atoms with Gasteiger partial charge in [-0.05, 0) is 0 Å². The van der Waals surface area contributed by atoms with Gasteiger partial charge >= 0.3 is 12.6 Å². The molecular weight excluding hydrogens is 165 g/mol. The second kappa shape index (κ2) is 2.37. The van der Waals surface area contributed by atoms with Crippen molar-refractivity contribution in [2.75, 3.05) is 13.2 Å². The van der Waals surface area contributed by atoms with Gasteiger partial charge in [0.15, 0.2) is 0 Å². The summed E-state index contributed by atoms with van der Waals surface area (Å²) in [5.74, 6) is 0. The highest BCUT2D eigenvalue weighted by Crippen LogP contribution is 2.38. The van der Waals surface area contributed by atoms with Gasteiger partial charge in [0.2, 0.25) is 0 Å². The summed E-state index contributed by atoms with van der Waals surface area (Å²) in [4.78, 5) is 9.56. The molecular formula is C5H4F3O3. The van der Waals surface area contributed by atoms with E-state index >= 15 is 0 Å². The van der Waals surface area contributed by atoms with Gasteiger partial charge in [0.25, 0.3) is 5.60 Å². The maximum atomic E-state index is 12.0. The molecule has 1 aliphatic heterocycles. The molecule has 0 saturated carbocycles. The predicted octanol–water partition coefficient (Wildman–Crippen LogP) is 0.401. The van der Waals surface area contributed by atoms with Crippen molar-refractivity contribution in [2.45, 2.75) is 11.8 Å². The summed E-state index contributed by atoms with van der Waals surface area (Å²) in [5, 5.41) is 0. The molecule has 1 saturated heterocycles. The summed E-state index contributed by atoms with van der Waals surface area (Å²) in [6.07, 6.45) is -4.57. The summed E-state index contributed by atoms with van der Waals surface area (Å²) in [6.45, 7) is -0.499. The monoisotopic (exact) mass is 169 g/mol. The molecule has 0 unspecified atom stereocenters. The normalized spacial score (nSPS) is 22.1. The quantitative estimate of drug-likeness (QED) is 0.600. The highest BCUT2D eigenvalue weighted by molar-refractivity contribution is 5.40. The van der Waals surface area contributed by atoms with Crippen LogP contribution in [0.2, 0.25) is 0 Å². The molecule has 0 atom stereocenters. The summed E-state index contributed by atoms with van der Waals surface area (Å²) < 4.78 is 43.9. The van der Waals surface area contributed by atoms with Gasteiger partial charge in [-0.1, -0.05) is 0 Å². The van der Waals surface area contributed by atoms with Crippen molar-refractivity contribution in [3.05, 3.63) is 0 Å². The van der Waals surface area contributed by atoms with Gasteiger partial charge in [-0.3, -0.25) is 0 Å². The van der Waals surface area contributed by atoms with Gasteiger partial charge in [-0.15, -0.1) is 0 Å². The number of carbonyl (C=O) groups excluding carboxylic acids is 1. The fraction of sp³-hybridized carbons (Fsp3) is 0.800. The third kappa shape index (κ3) is 1.18. The Morgan fingerprint density at radius 1 is 1.45 bits per heavy atom. The van der Waals surface area contributed by atoms with Gasteiger partial charge < -0.3 is 9.47 Å². The Labute approximate surface area is 60.1 Å². The maximum Gasteiger partial charge on any atom is 0.433 e. The van der Waals surface area contributed by atoms with Crippen molar-refractivity contribution in [2.24, 2.45) is 0 Å². The maximum absolute atomic E-state index is 12.0. The average molecular weight is 169 g/mol. The third-order valence-corrected chi connectivity index (χ3v) is 1.42. The summed E-state index contributed by atoms with van der Waals surface area (Å²) in [7, 11) is 0. The van der Waals surface area contributed by atoms with Crippen molar-refractivity contribution >= 4 is 6.47 Å². The lowest BCUT2D eigenvalue weighted by Gasteiger charge is -2.39. The van der Waals surface area contributed by atoms with Gasteiger partial charge in [-0.2, -0.15) is 13.2 Å². The molecule has 11 heavy (non-hydrogen) atoms. The van der Waals surface area contributed by atoms with Crippen LogP contribution in [0.15, 0.2) is 0 Å². The zero-order valence-corrected chi connectivity index (χ0v) is 5.27. The Morgan fingerprint density at radius 3 is 2.09 bits per heavy atom. The number of rotatable bonds is 2. The van der Waals surface area contributed by atoms with Crippen molar-refractivity contribution in [3.8, 4) is 0 Å². The topological polar surface area (TPSA) is 35.5 Å². The highest BCUT2D eigenvalue weighted by Gasteiger charge is 2.63. The van der Waals surface area contributed by atoms with Crippen molar-refractivity contribution in [3.63, 3.8) is 0 Å². The van der Waals surface area contributed by atoms with Crippen LogP contribution in [-0.4, -0.2) is 31.5 Å². The van der Waals surface area contributed by atoms with Crippen LogP contribution in [0.1, 0.15) is 0 Å². The predicted molar refractivity (Wildman–Crippen MR) is 26.4 cm³/mol.